The van der Waals surface area contributed by atoms with Gasteiger partial charge in [0.1, 0.15) is 28.7 Å². The number of fused-ring (bicyclic) bond motifs is 1. The second-order valence-corrected chi connectivity index (χ2v) is 5.12. The molecule has 6 heteroatoms. The zero-order valence-electron chi connectivity index (χ0n) is 10.6. The van der Waals surface area contributed by atoms with Crippen molar-refractivity contribution in [2.45, 2.75) is 0 Å². The highest BCUT2D eigenvalue weighted by Gasteiger charge is 2.13. The molecule has 2 aromatic heterocycles. The van der Waals surface area contributed by atoms with E-state index >= 15 is 0 Å². The second kappa shape index (κ2) is 4.79. The molecule has 2 heterocycles. The van der Waals surface area contributed by atoms with Crippen LogP contribution in [0.3, 0.4) is 0 Å². The van der Waals surface area contributed by atoms with E-state index in [4.69, 9.17) is 10.5 Å². The summed E-state index contributed by atoms with van der Waals surface area (Å²) in [6.45, 7) is 0. The van der Waals surface area contributed by atoms with Crippen LogP contribution in [0.25, 0.3) is 16.9 Å². The largest absolute Gasteiger partial charge is 0.496 e. The van der Waals surface area contributed by atoms with Gasteiger partial charge in [-0.25, -0.2) is 9.37 Å². The van der Waals surface area contributed by atoms with Crippen molar-refractivity contribution in [2.24, 2.45) is 0 Å². The molecule has 3 rings (SSSR count). The summed E-state index contributed by atoms with van der Waals surface area (Å²) in [6.07, 6.45) is 1.32. The minimum absolute atomic E-state index is 0.357. The average Bonchev–Trinajstić information content (AvgIpc) is 2.76. The molecule has 0 amide bonds. The highest BCUT2D eigenvalue weighted by Crippen LogP contribution is 2.33. The molecule has 0 aliphatic rings. The Morgan fingerprint density at radius 3 is 2.80 bits per heavy atom. The fraction of sp³-hybridized carbons (Fsp3) is 0.0714. The van der Waals surface area contributed by atoms with E-state index in [2.05, 4.69) is 20.9 Å². The standard InChI is InChI=1S/C14H11BrFN3O/c1-20-11-4-2-8(6-10(11)15)13-14(17)19-7-9(16)3-5-12(19)18-13/h2-7H,17H2,1H3. The van der Waals surface area contributed by atoms with Gasteiger partial charge in [0.25, 0.3) is 0 Å². The fourth-order valence-electron chi connectivity index (χ4n) is 2.06. The van der Waals surface area contributed by atoms with Gasteiger partial charge in [0.2, 0.25) is 0 Å². The first kappa shape index (κ1) is 12.9. The Balaban J connectivity index is 2.19. The molecule has 2 N–H and O–H groups in total. The Kier molecular flexibility index (Phi) is 3.10. The van der Waals surface area contributed by atoms with Gasteiger partial charge < -0.3 is 10.5 Å². The van der Waals surface area contributed by atoms with E-state index < -0.39 is 0 Å². The van der Waals surface area contributed by atoms with E-state index in [9.17, 15) is 4.39 Å². The lowest BCUT2D eigenvalue weighted by molar-refractivity contribution is 0.412. The van der Waals surface area contributed by atoms with Crippen LogP contribution in [-0.2, 0) is 0 Å². The Labute approximate surface area is 123 Å². The average molecular weight is 336 g/mol. The molecule has 0 fully saturated rings. The number of pyridine rings is 1. The molecule has 102 valence electrons. The van der Waals surface area contributed by atoms with E-state index in [1.807, 2.05) is 18.2 Å². The first-order valence-corrected chi connectivity index (χ1v) is 6.66. The van der Waals surface area contributed by atoms with Gasteiger partial charge in [-0.15, -0.1) is 0 Å². The molecule has 0 saturated heterocycles. The van der Waals surface area contributed by atoms with Gasteiger partial charge in [0.15, 0.2) is 0 Å². The third kappa shape index (κ3) is 2.02. The minimum Gasteiger partial charge on any atom is -0.496 e. The molecular formula is C14H11BrFN3O. The summed E-state index contributed by atoms with van der Waals surface area (Å²) in [4.78, 5) is 4.43. The number of hydrogen-bond acceptors (Lipinski definition) is 3. The van der Waals surface area contributed by atoms with Crippen LogP contribution in [0.15, 0.2) is 41.0 Å². The van der Waals surface area contributed by atoms with Crippen molar-refractivity contribution < 1.29 is 9.13 Å². The molecule has 1 aromatic carbocycles. The van der Waals surface area contributed by atoms with Gasteiger partial charge in [-0.1, -0.05) is 0 Å². The van der Waals surface area contributed by atoms with Crippen LogP contribution in [0, 0.1) is 5.82 Å². The van der Waals surface area contributed by atoms with Crippen molar-refractivity contribution in [1.82, 2.24) is 9.38 Å². The Hall–Kier alpha value is -2.08. The van der Waals surface area contributed by atoms with Crippen LogP contribution in [0.4, 0.5) is 10.2 Å². The number of benzene rings is 1. The molecule has 20 heavy (non-hydrogen) atoms. The molecule has 0 unspecified atom stereocenters. The molecule has 0 aliphatic carbocycles. The first-order valence-electron chi connectivity index (χ1n) is 5.87. The lowest BCUT2D eigenvalue weighted by Gasteiger charge is -2.05. The maximum atomic E-state index is 13.3. The zero-order chi connectivity index (χ0) is 14.3. The number of nitrogens with two attached hydrogens (primary N) is 1. The van der Waals surface area contributed by atoms with Crippen LogP contribution in [0.2, 0.25) is 0 Å². The molecule has 0 atom stereocenters. The summed E-state index contributed by atoms with van der Waals surface area (Å²) in [5.41, 5.74) is 8.09. The molecule has 0 radical (unpaired) electrons. The fourth-order valence-corrected chi connectivity index (χ4v) is 2.60. The molecular weight excluding hydrogens is 325 g/mol. The topological polar surface area (TPSA) is 52.5 Å². The lowest BCUT2D eigenvalue weighted by atomic mass is 10.1. The van der Waals surface area contributed by atoms with E-state index in [-0.39, 0.29) is 5.82 Å². The van der Waals surface area contributed by atoms with Crippen LogP contribution < -0.4 is 10.5 Å². The Morgan fingerprint density at radius 1 is 1.30 bits per heavy atom. The number of aromatic nitrogens is 2. The van der Waals surface area contributed by atoms with Gasteiger partial charge >= 0.3 is 0 Å². The monoisotopic (exact) mass is 335 g/mol. The van der Waals surface area contributed by atoms with E-state index in [1.54, 1.807) is 13.2 Å². The van der Waals surface area contributed by atoms with Crippen LogP contribution >= 0.6 is 15.9 Å². The van der Waals surface area contributed by atoms with Gasteiger partial charge in [0, 0.05) is 11.8 Å². The van der Waals surface area contributed by atoms with Crippen LogP contribution in [0.5, 0.6) is 5.75 Å². The predicted molar refractivity (Wildman–Crippen MR) is 79.3 cm³/mol. The summed E-state index contributed by atoms with van der Waals surface area (Å²) < 4.78 is 20.8. The summed E-state index contributed by atoms with van der Waals surface area (Å²) in [7, 11) is 1.60. The summed E-state index contributed by atoms with van der Waals surface area (Å²) in [5.74, 6) is 0.766. The number of hydrogen-bond donors (Lipinski definition) is 1. The van der Waals surface area contributed by atoms with E-state index in [1.165, 1.54) is 16.7 Å². The highest BCUT2D eigenvalue weighted by molar-refractivity contribution is 9.10. The van der Waals surface area contributed by atoms with Crippen molar-refractivity contribution in [1.29, 1.82) is 0 Å². The van der Waals surface area contributed by atoms with Crippen molar-refractivity contribution >= 4 is 27.4 Å². The maximum Gasteiger partial charge on any atom is 0.140 e. The number of rotatable bonds is 2. The van der Waals surface area contributed by atoms with Gasteiger partial charge in [-0.05, 0) is 46.3 Å². The number of halogens is 2. The molecule has 0 saturated carbocycles. The number of ether oxygens (including phenoxy) is 1. The Bertz CT molecular complexity index is 800. The van der Waals surface area contributed by atoms with Crippen molar-refractivity contribution in [3.63, 3.8) is 0 Å². The van der Waals surface area contributed by atoms with Crippen molar-refractivity contribution in [3.05, 3.63) is 46.8 Å². The Morgan fingerprint density at radius 2 is 2.10 bits per heavy atom. The third-order valence-corrected chi connectivity index (χ3v) is 3.66. The van der Waals surface area contributed by atoms with Crippen molar-refractivity contribution in [2.75, 3.05) is 12.8 Å². The summed E-state index contributed by atoms with van der Waals surface area (Å²) in [5, 5.41) is 0. The second-order valence-electron chi connectivity index (χ2n) is 4.27. The minimum atomic E-state index is -0.357. The molecule has 0 aliphatic heterocycles. The molecule has 3 aromatic rings. The van der Waals surface area contributed by atoms with Crippen LogP contribution in [0.1, 0.15) is 0 Å². The lowest BCUT2D eigenvalue weighted by Crippen LogP contribution is -1.95. The van der Waals surface area contributed by atoms with E-state index in [0.29, 0.717) is 17.2 Å². The highest BCUT2D eigenvalue weighted by atomic mass is 79.9. The van der Waals surface area contributed by atoms with Crippen molar-refractivity contribution in [3.8, 4) is 17.0 Å². The van der Waals surface area contributed by atoms with Gasteiger partial charge in [0.05, 0.1) is 11.6 Å². The number of methoxy groups -OCH3 is 1. The molecule has 4 nitrogen and oxygen atoms in total. The summed E-state index contributed by atoms with van der Waals surface area (Å²) in [6, 6.07) is 8.50. The number of nitrogens with zero attached hydrogens (tertiary/aromatic N) is 2. The number of imidazole rings is 1. The first-order chi connectivity index (χ1) is 9.60. The summed E-state index contributed by atoms with van der Waals surface area (Å²) >= 11 is 3.42. The SMILES string of the molecule is COc1ccc(-c2nc3ccc(F)cn3c2N)cc1Br. The molecule has 0 bridgehead atoms. The van der Waals surface area contributed by atoms with Crippen LogP contribution in [-0.4, -0.2) is 16.5 Å². The van der Waals surface area contributed by atoms with Gasteiger partial charge in [-0.3, -0.25) is 4.40 Å². The normalized spacial score (nSPS) is 10.9. The number of nitrogen functional groups attached to an aromatic ring is 1. The van der Waals surface area contributed by atoms with E-state index in [0.717, 1.165) is 15.8 Å². The predicted octanol–water partition coefficient (Wildman–Crippen LogP) is 3.49. The zero-order valence-corrected chi connectivity index (χ0v) is 12.2. The molecule has 0 spiro atoms. The quantitative estimate of drug-likeness (QED) is 0.779. The maximum absolute atomic E-state index is 13.3. The third-order valence-electron chi connectivity index (χ3n) is 3.04. The number of anilines is 1. The smallest absolute Gasteiger partial charge is 0.140 e. The van der Waals surface area contributed by atoms with Gasteiger partial charge in [-0.2, -0.15) is 0 Å².